The molecule has 88 valence electrons. The largest absolute Gasteiger partial charge is 0.315 e. The van der Waals surface area contributed by atoms with Gasteiger partial charge < -0.3 is 5.32 Å². The van der Waals surface area contributed by atoms with E-state index in [-0.39, 0.29) is 0 Å². The van der Waals surface area contributed by atoms with Crippen LogP contribution in [0.2, 0.25) is 0 Å². The second kappa shape index (κ2) is 4.40. The van der Waals surface area contributed by atoms with Crippen molar-refractivity contribution < 1.29 is 0 Å². The summed E-state index contributed by atoms with van der Waals surface area (Å²) in [6.07, 6.45) is 0. The average molecular weight is 211 g/mol. The maximum absolute atomic E-state index is 3.50. The fraction of sp³-hybridized carbons (Fsp3) is 1.00. The molecule has 0 aromatic heterocycles. The first-order valence-corrected chi connectivity index (χ1v) is 6.26. The Morgan fingerprint density at radius 1 is 1.00 bits per heavy atom. The lowest BCUT2D eigenvalue weighted by Gasteiger charge is -2.45. The van der Waals surface area contributed by atoms with E-state index in [9.17, 15) is 0 Å². The summed E-state index contributed by atoms with van der Waals surface area (Å²) in [7, 11) is 2.25. The van der Waals surface area contributed by atoms with Crippen LogP contribution in [-0.2, 0) is 0 Å². The first-order chi connectivity index (χ1) is 7.09. The predicted octanol–water partition coefficient (Wildman–Crippen LogP) is 0.619. The third-order valence-electron chi connectivity index (χ3n) is 4.33. The van der Waals surface area contributed by atoms with E-state index in [1.54, 1.807) is 0 Å². The van der Waals surface area contributed by atoms with Gasteiger partial charge in [-0.15, -0.1) is 0 Å². The van der Waals surface area contributed by atoms with Crippen LogP contribution in [0.25, 0.3) is 0 Å². The molecule has 2 aliphatic rings. The van der Waals surface area contributed by atoms with Gasteiger partial charge in [0.1, 0.15) is 0 Å². The number of hydrogen-bond donors (Lipinski definition) is 1. The van der Waals surface area contributed by atoms with E-state index in [2.05, 4.69) is 42.9 Å². The molecule has 4 unspecified atom stereocenters. The summed E-state index contributed by atoms with van der Waals surface area (Å²) in [4.78, 5) is 5.20. The Morgan fingerprint density at radius 2 is 1.60 bits per heavy atom. The Hall–Kier alpha value is -0.120. The minimum atomic E-state index is 0.696. The Labute approximate surface area is 93.8 Å². The minimum Gasteiger partial charge on any atom is -0.315 e. The molecule has 15 heavy (non-hydrogen) atoms. The summed E-state index contributed by atoms with van der Waals surface area (Å²) in [6, 6.07) is 2.16. The third kappa shape index (κ3) is 2.19. The molecule has 3 heteroatoms. The molecular formula is C12H25N3. The molecule has 3 nitrogen and oxygen atoms in total. The fourth-order valence-electron chi connectivity index (χ4n) is 3.00. The van der Waals surface area contributed by atoms with Crippen LogP contribution < -0.4 is 5.32 Å². The van der Waals surface area contributed by atoms with Gasteiger partial charge in [0.15, 0.2) is 0 Å². The average Bonchev–Trinajstić information content (AvgIpc) is 2.60. The summed E-state index contributed by atoms with van der Waals surface area (Å²) >= 11 is 0. The number of rotatable bonds is 1. The van der Waals surface area contributed by atoms with Crippen molar-refractivity contribution in [3.63, 3.8) is 0 Å². The zero-order valence-corrected chi connectivity index (χ0v) is 10.5. The molecule has 4 atom stereocenters. The van der Waals surface area contributed by atoms with Gasteiger partial charge in [-0.25, -0.2) is 0 Å². The van der Waals surface area contributed by atoms with Crippen molar-refractivity contribution in [2.24, 2.45) is 5.92 Å². The molecular weight excluding hydrogens is 186 g/mol. The number of hydrogen-bond acceptors (Lipinski definition) is 3. The monoisotopic (exact) mass is 211 g/mol. The van der Waals surface area contributed by atoms with Gasteiger partial charge in [-0.2, -0.15) is 0 Å². The zero-order chi connectivity index (χ0) is 11.0. The van der Waals surface area contributed by atoms with Crippen LogP contribution in [0.15, 0.2) is 0 Å². The molecule has 0 aromatic carbocycles. The fourth-order valence-corrected chi connectivity index (χ4v) is 3.00. The molecule has 0 aromatic rings. The summed E-state index contributed by atoms with van der Waals surface area (Å²) in [6.45, 7) is 11.9. The number of nitrogens with one attached hydrogen (secondary N) is 1. The predicted molar refractivity (Wildman–Crippen MR) is 64.1 cm³/mol. The molecule has 0 amide bonds. The molecule has 0 spiro atoms. The Bertz CT molecular complexity index is 207. The van der Waals surface area contributed by atoms with Gasteiger partial charge in [-0.3, -0.25) is 9.80 Å². The molecule has 0 radical (unpaired) electrons. The van der Waals surface area contributed by atoms with Crippen molar-refractivity contribution in [3.8, 4) is 0 Å². The normalized spacial score (nSPS) is 44.8. The van der Waals surface area contributed by atoms with Crippen LogP contribution >= 0.6 is 0 Å². The van der Waals surface area contributed by atoms with E-state index in [1.165, 1.54) is 26.2 Å². The van der Waals surface area contributed by atoms with Gasteiger partial charge in [0.25, 0.3) is 0 Å². The van der Waals surface area contributed by atoms with Gasteiger partial charge in [0, 0.05) is 37.8 Å². The molecule has 0 saturated carbocycles. The summed E-state index contributed by atoms with van der Waals surface area (Å²) in [5, 5.41) is 3.50. The Kier molecular flexibility index (Phi) is 3.33. The van der Waals surface area contributed by atoms with E-state index in [4.69, 9.17) is 0 Å². The van der Waals surface area contributed by atoms with E-state index < -0.39 is 0 Å². The van der Waals surface area contributed by atoms with Gasteiger partial charge in [0.05, 0.1) is 0 Å². The molecule has 2 rings (SSSR count). The van der Waals surface area contributed by atoms with Gasteiger partial charge in [0.2, 0.25) is 0 Å². The van der Waals surface area contributed by atoms with E-state index in [0.717, 1.165) is 12.0 Å². The highest BCUT2D eigenvalue weighted by Gasteiger charge is 2.34. The summed E-state index contributed by atoms with van der Waals surface area (Å²) in [5.41, 5.74) is 0. The molecule has 2 fully saturated rings. The first-order valence-electron chi connectivity index (χ1n) is 6.26. The van der Waals surface area contributed by atoms with Crippen LogP contribution in [0.4, 0.5) is 0 Å². The van der Waals surface area contributed by atoms with E-state index >= 15 is 0 Å². The maximum Gasteiger partial charge on any atom is 0.0259 e. The van der Waals surface area contributed by atoms with Crippen LogP contribution in [-0.4, -0.2) is 61.2 Å². The molecule has 0 aliphatic carbocycles. The van der Waals surface area contributed by atoms with E-state index in [0.29, 0.717) is 12.1 Å². The second-order valence-electron chi connectivity index (χ2n) is 5.52. The van der Waals surface area contributed by atoms with Crippen molar-refractivity contribution in [2.45, 2.75) is 38.9 Å². The minimum absolute atomic E-state index is 0.696. The van der Waals surface area contributed by atoms with Gasteiger partial charge in [-0.05, 0) is 33.4 Å². The Morgan fingerprint density at radius 3 is 2.07 bits per heavy atom. The highest BCUT2D eigenvalue weighted by Crippen LogP contribution is 2.21. The van der Waals surface area contributed by atoms with E-state index in [1.807, 2.05) is 0 Å². The molecule has 1 N–H and O–H groups in total. The van der Waals surface area contributed by atoms with Crippen LogP contribution in [0, 0.1) is 5.92 Å². The Balaban J connectivity index is 1.99. The molecule has 2 aliphatic heterocycles. The first kappa shape index (κ1) is 11.4. The lowest BCUT2D eigenvalue weighted by Crippen LogP contribution is -2.58. The maximum atomic E-state index is 3.50. The smallest absolute Gasteiger partial charge is 0.0259 e. The zero-order valence-electron chi connectivity index (χ0n) is 10.5. The number of likely N-dealkylation sites (N-methyl/N-ethyl adjacent to an activating group) is 1. The highest BCUT2D eigenvalue weighted by molar-refractivity contribution is 4.92. The van der Waals surface area contributed by atoms with Gasteiger partial charge >= 0.3 is 0 Å². The summed E-state index contributed by atoms with van der Waals surface area (Å²) in [5.74, 6) is 0.813. The molecule has 2 heterocycles. The lowest BCUT2D eigenvalue weighted by molar-refractivity contribution is 0.0292. The standard InChI is InChI=1S/C12H25N3/c1-9-5-13-6-12(9)15-7-10(2)14(4)11(3)8-15/h9-13H,5-8H2,1-4H3. The number of piperazine rings is 1. The molecule has 2 saturated heterocycles. The quantitative estimate of drug-likeness (QED) is 0.686. The summed E-state index contributed by atoms with van der Waals surface area (Å²) < 4.78 is 0. The van der Waals surface area contributed by atoms with Gasteiger partial charge in [-0.1, -0.05) is 6.92 Å². The van der Waals surface area contributed by atoms with Crippen molar-refractivity contribution >= 4 is 0 Å². The topological polar surface area (TPSA) is 18.5 Å². The third-order valence-corrected chi connectivity index (χ3v) is 4.33. The van der Waals surface area contributed by atoms with Crippen molar-refractivity contribution in [3.05, 3.63) is 0 Å². The van der Waals surface area contributed by atoms with Crippen molar-refractivity contribution in [2.75, 3.05) is 33.2 Å². The number of nitrogens with zero attached hydrogens (tertiary/aromatic N) is 2. The SMILES string of the molecule is CC1CNCC1N1CC(C)N(C)C(C)C1. The van der Waals surface area contributed by atoms with Crippen molar-refractivity contribution in [1.82, 2.24) is 15.1 Å². The lowest BCUT2D eigenvalue weighted by atomic mass is 10.0. The van der Waals surface area contributed by atoms with Crippen LogP contribution in [0.1, 0.15) is 20.8 Å². The molecule has 0 bridgehead atoms. The highest BCUT2D eigenvalue weighted by atomic mass is 15.3. The second-order valence-corrected chi connectivity index (χ2v) is 5.52. The van der Waals surface area contributed by atoms with Crippen molar-refractivity contribution in [1.29, 1.82) is 0 Å². The van der Waals surface area contributed by atoms with Crippen LogP contribution in [0.5, 0.6) is 0 Å². The van der Waals surface area contributed by atoms with Crippen LogP contribution in [0.3, 0.4) is 0 Å².